The van der Waals surface area contributed by atoms with Crippen molar-refractivity contribution in [1.82, 2.24) is 4.98 Å². The third-order valence-corrected chi connectivity index (χ3v) is 3.05. The number of aryl methyl sites for hydroxylation is 1. The number of rotatable bonds is 3. The molecule has 0 unspecified atom stereocenters. The first-order valence-electron chi connectivity index (χ1n) is 5.00. The Kier molecular flexibility index (Phi) is 3.11. The highest BCUT2D eigenvalue weighted by atomic mass is 32.1. The Labute approximate surface area is 92.6 Å². The fourth-order valence-electron chi connectivity index (χ4n) is 1.49. The minimum atomic E-state index is -0.234. The zero-order valence-electron chi connectivity index (χ0n) is 8.53. The standard InChI is InChI=1S/C12H12FNS/c1-2-3-9-4-6-10(7-5-9)12-14-8-11(13)15-12/h4-8H,2-3H2,1H3. The molecule has 0 fully saturated rings. The molecular weight excluding hydrogens is 209 g/mol. The molecule has 0 saturated heterocycles. The first-order valence-corrected chi connectivity index (χ1v) is 5.82. The summed E-state index contributed by atoms with van der Waals surface area (Å²) < 4.78 is 12.8. The van der Waals surface area contributed by atoms with Crippen LogP contribution in [0.2, 0.25) is 0 Å². The molecule has 0 spiro atoms. The second-order valence-corrected chi connectivity index (χ2v) is 4.40. The lowest BCUT2D eigenvalue weighted by Gasteiger charge is -1.99. The average Bonchev–Trinajstić information content (AvgIpc) is 2.67. The van der Waals surface area contributed by atoms with Crippen molar-refractivity contribution in [3.8, 4) is 10.6 Å². The average molecular weight is 221 g/mol. The van der Waals surface area contributed by atoms with Gasteiger partial charge in [0.15, 0.2) is 5.13 Å². The van der Waals surface area contributed by atoms with Gasteiger partial charge in [-0.15, -0.1) is 0 Å². The molecule has 0 aliphatic rings. The minimum absolute atomic E-state index is 0.234. The number of thiazole rings is 1. The van der Waals surface area contributed by atoms with Crippen LogP contribution in [0.25, 0.3) is 10.6 Å². The highest BCUT2D eigenvalue weighted by Crippen LogP contribution is 2.24. The first-order chi connectivity index (χ1) is 7.29. The lowest BCUT2D eigenvalue weighted by Crippen LogP contribution is -1.82. The van der Waals surface area contributed by atoms with E-state index in [-0.39, 0.29) is 5.13 Å². The number of hydrogen-bond acceptors (Lipinski definition) is 2. The molecule has 0 aliphatic carbocycles. The summed E-state index contributed by atoms with van der Waals surface area (Å²) in [5.41, 5.74) is 2.31. The summed E-state index contributed by atoms with van der Waals surface area (Å²) in [4.78, 5) is 4.01. The van der Waals surface area contributed by atoms with Crippen LogP contribution in [0.5, 0.6) is 0 Å². The lowest BCUT2D eigenvalue weighted by atomic mass is 10.1. The van der Waals surface area contributed by atoms with Gasteiger partial charge in [-0.05, 0) is 12.0 Å². The van der Waals surface area contributed by atoms with Gasteiger partial charge in [-0.1, -0.05) is 48.9 Å². The van der Waals surface area contributed by atoms with Crippen molar-refractivity contribution in [1.29, 1.82) is 0 Å². The largest absolute Gasteiger partial charge is 0.241 e. The minimum Gasteiger partial charge on any atom is -0.241 e. The van der Waals surface area contributed by atoms with Crippen molar-refractivity contribution >= 4 is 11.3 Å². The summed E-state index contributed by atoms with van der Waals surface area (Å²) in [5, 5.41) is 0.512. The van der Waals surface area contributed by atoms with Crippen LogP contribution < -0.4 is 0 Å². The Morgan fingerprint density at radius 3 is 2.53 bits per heavy atom. The molecular formula is C12H12FNS. The molecule has 1 aromatic heterocycles. The maximum Gasteiger partial charge on any atom is 0.196 e. The Hall–Kier alpha value is -1.22. The number of halogens is 1. The summed E-state index contributed by atoms with van der Waals surface area (Å²) >= 11 is 1.08. The van der Waals surface area contributed by atoms with Crippen molar-refractivity contribution in [2.45, 2.75) is 19.8 Å². The number of nitrogens with zero attached hydrogens (tertiary/aromatic N) is 1. The quantitative estimate of drug-likeness (QED) is 0.766. The molecule has 0 N–H and O–H groups in total. The van der Waals surface area contributed by atoms with E-state index in [9.17, 15) is 4.39 Å². The van der Waals surface area contributed by atoms with Crippen molar-refractivity contribution in [3.63, 3.8) is 0 Å². The van der Waals surface area contributed by atoms with Crippen LogP contribution in [0.1, 0.15) is 18.9 Å². The lowest BCUT2D eigenvalue weighted by molar-refractivity contribution is 0.653. The molecule has 15 heavy (non-hydrogen) atoms. The molecule has 2 rings (SSSR count). The van der Waals surface area contributed by atoms with E-state index in [1.165, 1.54) is 11.8 Å². The summed E-state index contributed by atoms with van der Waals surface area (Å²) in [5.74, 6) is 0. The summed E-state index contributed by atoms with van der Waals surface area (Å²) in [6, 6.07) is 8.17. The Balaban J connectivity index is 2.23. The maximum atomic E-state index is 12.8. The topological polar surface area (TPSA) is 12.9 Å². The molecule has 2 aromatic rings. The number of hydrogen-bond donors (Lipinski definition) is 0. The Morgan fingerprint density at radius 1 is 1.27 bits per heavy atom. The van der Waals surface area contributed by atoms with Gasteiger partial charge in [0.05, 0.1) is 6.20 Å². The molecule has 0 bridgehead atoms. The van der Waals surface area contributed by atoms with Crippen LogP contribution in [-0.4, -0.2) is 4.98 Å². The van der Waals surface area contributed by atoms with Crippen LogP contribution >= 0.6 is 11.3 Å². The number of aromatic nitrogens is 1. The molecule has 1 heterocycles. The van der Waals surface area contributed by atoms with E-state index in [1.54, 1.807) is 0 Å². The van der Waals surface area contributed by atoms with E-state index >= 15 is 0 Å². The normalized spacial score (nSPS) is 10.5. The molecule has 0 radical (unpaired) electrons. The van der Waals surface area contributed by atoms with Gasteiger partial charge in [-0.25, -0.2) is 4.98 Å². The molecule has 1 nitrogen and oxygen atoms in total. The molecule has 0 amide bonds. The maximum absolute atomic E-state index is 12.8. The molecule has 0 saturated carbocycles. The summed E-state index contributed by atoms with van der Waals surface area (Å²) in [6.07, 6.45) is 3.50. The van der Waals surface area contributed by atoms with E-state index < -0.39 is 0 Å². The molecule has 78 valence electrons. The summed E-state index contributed by atoms with van der Waals surface area (Å²) in [7, 11) is 0. The van der Waals surface area contributed by atoms with Gasteiger partial charge in [-0.2, -0.15) is 4.39 Å². The monoisotopic (exact) mass is 221 g/mol. The SMILES string of the molecule is CCCc1ccc(-c2ncc(F)s2)cc1. The van der Waals surface area contributed by atoms with Gasteiger partial charge in [0.25, 0.3) is 0 Å². The molecule has 0 atom stereocenters. The van der Waals surface area contributed by atoms with E-state index in [0.29, 0.717) is 0 Å². The van der Waals surface area contributed by atoms with Gasteiger partial charge < -0.3 is 0 Å². The second kappa shape index (κ2) is 4.53. The van der Waals surface area contributed by atoms with Crippen molar-refractivity contribution in [2.24, 2.45) is 0 Å². The zero-order valence-corrected chi connectivity index (χ0v) is 9.35. The smallest absolute Gasteiger partial charge is 0.196 e. The second-order valence-electron chi connectivity index (χ2n) is 3.42. The third kappa shape index (κ3) is 2.42. The summed E-state index contributed by atoms with van der Waals surface area (Å²) in [6.45, 7) is 2.16. The fourth-order valence-corrected chi connectivity index (χ4v) is 2.14. The van der Waals surface area contributed by atoms with Gasteiger partial charge in [0.2, 0.25) is 0 Å². The molecule has 0 aliphatic heterocycles. The van der Waals surface area contributed by atoms with Gasteiger partial charge in [0.1, 0.15) is 5.01 Å². The van der Waals surface area contributed by atoms with Crippen molar-refractivity contribution < 1.29 is 4.39 Å². The third-order valence-electron chi connectivity index (χ3n) is 2.22. The van der Waals surface area contributed by atoms with Gasteiger partial charge in [-0.3, -0.25) is 0 Å². The molecule has 1 aromatic carbocycles. The van der Waals surface area contributed by atoms with Crippen LogP contribution in [0.4, 0.5) is 4.39 Å². The van der Waals surface area contributed by atoms with Gasteiger partial charge >= 0.3 is 0 Å². The van der Waals surface area contributed by atoms with Crippen LogP contribution in [0.3, 0.4) is 0 Å². The predicted octanol–water partition coefficient (Wildman–Crippen LogP) is 3.90. The highest BCUT2D eigenvalue weighted by molar-refractivity contribution is 7.13. The van der Waals surface area contributed by atoms with E-state index in [0.717, 1.165) is 34.7 Å². The first kappa shape index (κ1) is 10.3. The van der Waals surface area contributed by atoms with Crippen LogP contribution in [-0.2, 0) is 6.42 Å². The van der Waals surface area contributed by atoms with E-state index in [2.05, 4.69) is 24.0 Å². The van der Waals surface area contributed by atoms with Crippen LogP contribution in [0, 0.1) is 5.13 Å². The van der Waals surface area contributed by atoms with Gasteiger partial charge in [0, 0.05) is 5.56 Å². The Morgan fingerprint density at radius 2 is 2.00 bits per heavy atom. The van der Waals surface area contributed by atoms with Crippen molar-refractivity contribution in [3.05, 3.63) is 41.2 Å². The van der Waals surface area contributed by atoms with Crippen molar-refractivity contribution in [2.75, 3.05) is 0 Å². The molecule has 3 heteroatoms. The Bertz CT molecular complexity index is 433. The van der Waals surface area contributed by atoms with Crippen LogP contribution in [0.15, 0.2) is 30.5 Å². The predicted molar refractivity (Wildman–Crippen MR) is 61.5 cm³/mol. The van der Waals surface area contributed by atoms with E-state index in [1.807, 2.05) is 12.1 Å². The zero-order chi connectivity index (χ0) is 10.7. The highest BCUT2D eigenvalue weighted by Gasteiger charge is 2.03. The number of benzene rings is 1. The van der Waals surface area contributed by atoms with E-state index in [4.69, 9.17) is 0 Å². The fraction of sp³-hybridized carbons (Fsp3) is 0.250.